The van der Waals surface area contributed by atoms with E-state index in [1.807, 2.05) is 42.6 Å². The van der Waals surface area contributed by atoms with Gasteiger partial charge in [-0.25, -0.2) is 0 Å². The fourth-order valence-corrected chi connectivity index (χ4v) is 2.25. The summed E-state index contributed by atoms with van der Waals surface area (Å²) >= 11 is 0. The number of nitrogens with two attached hydrogens (primary N) is 1. The summed E-state index contributed by atoms with van der Waals surface area (Å²) in [5, 5.41) is 7.49. The van der Waals surface area contributed by atoms with Gasteiger partial charge in [-0.15, -0.1) is 0 Å². The number of amides is 1. The summed E-state index contributed by atoms with van der Waals surface area (Å²) in [6.45, 7) is 3.14. The lowest BCUT2D eigenvalue weighted by Crippen LogP contribution is -2.55. The fourth-order valence-electron chi connectivity index (χ4n) is 2.25. The van der Waals surface area contributed by atoms with Crippen LogP contribution >= 0.6 is 0 Å². The van der Waals surface area contributed by atoms with Gasteiger partial charge >= 0.3 is 0 Å². The minimum absolute atomic E-state index is 0.374. The van der Waals surface area contributed by atoms with Gasteiger partial charge < -0.3 is 5.73 Å². The molecule has 1 atom stereocenters. The van der Waals surface area contributed by atoms with Crippen molar-refractivity contribution in [2.45, 2.75) is 25.4 Å². The molecule has 3 N–H and O–H groups in total. The molecule has 0 saturated heterocycles. The fraction of sp³-hybridized carbons (Fsp3) is 0.333. The Bertz CT molecular complexity index is 538. The van der Waals surface area contributed by atoms with Crippen LogP contribution in [-0.2, 0) is 16.9 Å². The number of hydrogen-bond acceptors (Lipinski definition) is 3. The number of aromatic nitrogens is 2. The van der Waals surface area contributed by atoms with Gasteiger partial charge in [0.1, 0.15) is 5.54 Å². The van der Waals surface area contributed by atoms with E-state index in [-0.39, 0.29) is 0 Å². The van der Waals surface area contributed by atoms with E-state index in [4.69, 9.17) is 5.73 Å². The molecule has 1 aromatic carbocycles. The number of carbonyl (C=O) groups is 1. The van der Waals surface area contributed by atoms with E-state index in [1.165, 1.54) is 0 Å². The van der Waals surface area contributed by atoms with Crippen LogP contribution in [0.1, 0.15) is 18.9 Å². The average Bonchev–Trinajstić information content (AvgIpc) is 2.97. The van der Waals surface area contributed by atoms with Crippen molar-refractivity contribution in [3.63, 3.8) is 0 Å². The lowest BCUT2D eigenvalue weighted by molar-refractivity contribution is -0.125. The minimum atomic E-state index is -0.941. The Kier molecular flexibility index (Phi) is 4.53. The maximum absolute atomic E-state index is 12.2. The molecule has 2 rings (SSSR count). The Morgan fingerprint density at radius 1 is 1.35 bits per heavy atom. The number of nitrogens with one attached hydrogen (secondary N) is 1. The van der Waals surface area contributed by atoms with E-state index in [1.54, 1.807) is 10.9 Å². The lowest BCUT2D eigenvalue weighted by atomic mass is 9.88. The largest absolute Gasteiger partial charge is 0.368 e. The molecule has 1 unspecified atom stereocenters. The number of carbonyl (C=O) groups excluding carboxylic acids is 1. The van der Waals surface area contributed by atoms with Gasteiger partial charge in [0.25, 0.3) is 0 Å². The monoisotopic (exact) mass is 272 g/mol. The quantitative estimate of drug-likeness (QED) is 0.797. The number of primary amides is 1. The summed E-state index contributed by atoms with van der Waals surface area (Å²) in [5.41, 5.74) is 5.64. The summed E-state index contributed by atoms with van der Waals surface area (Å²) in [5.74, 6) is -0.396. The number of rotatable bonds is 7. The number of nitrogens with zero attached hydrogens (tertiary/aromatic N) is 2. The molecular formula is C15H20N4O. The molecule has 0 aliphatic heterocycles. The van der Waals surface area contributed by atoms with Crippen molar-refractivity contribution in [3.05, 3.63) is 54.4 Å². The summed E-state index contributed by atoms with van der Waals surface area (Å²) in [4.78, 5) is 12.2. The van der Waals surface area contributed by atoms with E-state index in [0.29, 0.717) is 13.1 Å². The lowest BCUT2D eigenvalue weighted by Gasteiger charge is -2.32. The molecule has 0 saturated carbocycles. The zero-order valence-corrected chi connectivity index (χ0v) is 11.6. The Hall–Kier alpha value is -2.14. The smallest absolute Gasteiger partial charge is 0.244 e. The summed E-state index contributed by atoms with van der Waals surface area (Å²) < 4.78 is 1.72. The minimum Gasteiger partial charge on any atom is -0.368 e. The van der Waals surface area contributed by atoms with Crippen molar-refractivity contribution in [1.29, 1.82) is 0 Å². The molecule has 5 nitrogen and oxygen atoms in total. The van der Waals surface area contributed by atoms with E-state index in [9.17, 15) is 4.79 Å². The topological polar surface area (TPSA) is 72.9 Å². The second-order valence-corrected chi connectivity index (χ2v) is 4.77. The maximum atomic E-state index is 12.2. The van der Waals surface area contributed by atoms with Gasteiger partial charge in [0.15, 0.2) is 0 Å². The zero-order valence-electron chi connectivity index (χ0n) is 11.6. The van der Waals surface area contributed by atoms with Crippen LogP contribution in [0.4, 0.5) is 0 Å². The molecule has 0 radical (unpaired) electrons. The second kappa shape index (κ2) is 6.34. The highest BCUT2D eigenvalue weighted by Crippen LogP contribution is 2.23. The van der Waals surface area contributed by atoms with Crippen LogP contribution in [0, 0.1) is 0 Å². The Morgan fingerprint density at radius 2 is 2.10 bits per heavy atom. The van der Waals surface area contributed by atoms with Crippen LogP contribution in [0.2, 0.25) is 0 Å². The Balaban J connectivity index is 2.41. The van der Waals surface area contributed by atoms with Gasteiger partial charge in [0, 0.05) is 12.4 Å². The van der Waals surface area contributed by atoms with Crippen LogP contribution in [0.25, 0.3) is 0 Å². The van der Waals surface area contributed by atoms with Gasteiger partial charge in [-0.1, -0.05) is 37.3 Å². The molecule has 0 fully saturated rings. The first-order valence-corrected chi connectivity index (χ1v) is 6.77. The highest BCUT2D eigenvalue weighted by molar-refractivity contribution is 5.86. The molecule has 0 spiro atoms. The normalized spacial score (nSPS) is 13.8. The molecule has 1 heterocycles. The predicted octanol–water partition coefficient (Wildman–Crippen LogP) is 1.26. The van der Waals surface area contributed by atoms with E-state index in [0.717, 1.165) is 12.0 Å². The second-order valence-electron chi connectivity index (χ2n) is 4.77. The molecule has 20 heavy (non-hydrogen) atoms. The summed E-state index contributed by atoms with van der Waals surface area (Å²) in [6.07, 6.45) is 4.44. The summed E-state index contributed by atoms with van der Waals surface area (Å²) in [6, 6.07) is 11.4. The Labute approximate surface area is 118 Å². The van der Waals surface area contributed by atoms with Crippen molar-refractivity contribution in [2.24, 2.45) is 5.73 Å². The highest BCUT2D eigenvalue weighted by Gasteiger charge is 2.38. The van der Waals surface area contributed by atoms with Gasteiger partial charge in [0.2, 0.25) is 5.91 Å². The molecular weight excluding hydrogens is 252 g/mol. The zero-order chi connectivity index (χ0) is 14.4. The van der Waals surface area contributed by atoms with Gasteiger partial charge in [-0.05, 0) is 24.6 Å². The summed E-state index contributed by atoms with van der Waals surface area (Å²) in [7, 11) is 0. The Morgan fingerprint density at radius 3 is 2.65 bits per heavy atom. The number of hydrogen-bond donors (Lipinski definition) is 2. The van der Waals surface area contributed by atoms with Crippen LogP contribution < -0.4 is 11.1 Å². The molecule has 106 valence electrons. The van der Waals surface area contributed by atoms with Crippen molar-refractivity contribution in [1.82, 2.24) is 15.1 Å². The van der Waals surface area contributed by atoms with Crippen LogP contribution in [-0.4, -0.2) is 22.2 Å². The van der Waals surface area contributed by atoms with Gasteiger partial charge in [-0.3, -0.25) is 14.8 Å². The molecule has 0 aliphatic carbocycles. The first kappa shape index (κ1) is 14.3. The SMILES string of the molecule is CCCNC(Cn1cccn1)(C(N)=O)c1ccccc1. The van der Waals surface area contributed by atoms with E-state index in [2.05, 4.69) is 17.3 Å². The van der Waals surface area contributed by atoms with Crippen LogP contribution in [0.15, 0.2) is 48.8 Å². The third-order valence-corrected chi connectivity index (χ3v) is 3.32. The van der Waals surface area contributed by atoms with Crippen molar-refractivity contribution < 1.29 is 4.79 Å². The molecule has 5 heteroatoms. The highest BCUT2D eigenvalue weighted by atomic mass is 16.1. The third-order valence-electron chi connectivity index (χ3n) is 3.32. The maximum Gasteiger partial charge on any atom is 0.244 e. The van der Waals surface area contributed by atoms with Crippen molar-refractivity contribution >= 4 is 5.91 Å². The van der Waals surface area contributed by atoms with E-state index < -0.39 is 11.4 Å². The van der Waals surface area contributed by atoms with Crippen LogP contribution in [0.3, 0.4) is 0 Å². The molecule has 0 bridgehead atoms. The third kappa shape index (κ3) is 2.88. The molecule has 0 aliphatic rings. The van der Waals surface area contributed by atoms with Crippen molar-refractivity contribution in [2.75, 3.05) is 6.54 Å². The molecule has 2 aromatic rings. The van der Waals surface area contributed by atoms with E-state index >= 15 is 0 Å². The van der Waals surface area contributed by atoms with Crippen molar-refractivity contribution in [3.8, 4) is 0 Å². The molecule has 1 aromatic heterocycles. The van der Waals surface area contributed by atoms with Gasteiger partial charge in [-0.2, -0.15) is 5.10 Å². The van der Waals surface area contributed by atoms with Gasteiger partial charge in [0.05, 0.1) is 6.54 Å². The number of benzene rings is 1. The first-order chi connectivity index (χ1) is 9.69. The first-order valence-electron chi connectivity index (χ1n) is 6.77. The average molecular weight is 272 g/mol. The van der Waals surface area contributed by atoms with Crippen LogP contribution in [0.5, 0.6) is 0 Å². The molecule has 1 amide bonds. The predicted molar refractivity (Wildman–Crippen MR) is 77.8 cm³/mol. The standard InChI is InChI=1S/C15H20N4O/c1-2-9-17-15(14(16)20,12-19-11-6-10-18-19)13-7-4-3-5-8-13/h3-8,10-11,17H,2,9,12H2,1H3,(H2,16,20).